The number of quaternary nitrogens is 1. The lowest BCUT2D eigenvalue weighted by molar-refractivity contribution is -0.868. The zero-order valence-electron chi connectivity index (χ0n) is 5.38. The van der Waals surface area contributed by atoms with E-state index in [4.69, 9.17) is 10.2 Å². The minimum atomic E-state index is -0.255. The second-order valence-electron chi connectivity index (χ2n) is 2.63. The molecule has 0 bridgehead atoms. The van der Waals surface area contributed by atoms with Crippen molar-refractivity contribution < 1.29 is 15.1 Å². The summed E-state index contributed by atoms with van der Waals surface area (Å²) in [7, 11) is 3.74. The monoisotopic (exact) mass is 131 g/mol. The Morgan fingerprint density at radius 1 is 1.67 bits per heavy atom. The van der Waals surface area contributed by atoms with Crippen LogP contribution in [0.25, 0.3) is 0 Å². The van der Waals surface area contributed by atoms with E-state index in [1.807, 2.05) is 0 Å². The van der Waals surface area contributed by atoms with E-state index in [-0.39, 0.29) is 18.8 Å². The largest absolute Gasteiger partial charge is 0.461 e. The van der Waals surface area contributed by atoms with Crippen LogP contribution in [-0.2, 0) is 0 Å². The third-order valence-electron chi connectivity index (χ3n) is 1.85. The van der Waals surface area contributed by atoms with E-state index in [2.05, 4.69) is 7.05 Å². The van der Waals surface area contributed by atoms with E-state index < -0.39 is 0 Å². The lowest BCUT2D eigenvalue weighted by Crippen LogP contribution is -3.09. The van der Waals surface area contributed by atoms with Gasteiger partial charge in [0.2, 0.25) is 0 Å². The van der Waals surface area contributed by atoms with Gasteiger partial charge in [-0.1, -0.05) is 0 Å². The number of nitrogens with one attached hydrogen (secondary N) is 1. The lowest BCUT2D eigenvalue weighted by Gasteiger charge is -2.19. The van der Waals surface area contributed by atoms with Crippen molar-refractivity contribution in [3.8, 4) is 0 Å². The minimum Gasteiger partial charge on any atom is -0.461 e. The number of aliphatic hydroxyl groups excluding tert-OH is 2. The summed E-state index contributed by atoms with van der Waals surface area (Å²) in [5.41, 5.74) is 0. The zero-order valence-corrected chi connectivity index (χ0v) is 5.38. The Balaban J connectivity index is 2.38. The minimum absolute atomic E-state index is 0.135. The molecule has 9 heavy (non-hydrogen) atoms. The molecule has 3 N–H and O–H groups in total. The number of aliphatic hydroxyl groups is 2. The third-order valence-corrected chi connectivity index (χ3v) is 1.85. The van der Waals surface area contributed by atoms with Crippen molar-refractivity contribution in [2.45, 2.75) is 18.6 Å². The molecule has 0 aromatic rings. The van der Waals surface area contributed by atoms with Gasteiger partial charge in [0.15, 0.2) is 0 Å². The molecule has 1 saturated heterocycles. The van der Waals surface area contributed by atoms with Gasteiger partial charge in [-0.2, -0.15) is 7.05 Å². The van der Waals surface area contributed by atoms with Crippen LogP contribution in [0.1, 0.15) is 6.42 Å². The molecule has 0 radical (unpaired) electrons. The van der Waals surface area contributed by atoms with Crippen LogP contribution in [0.4, 0.5) is 0 Å². The summed E-state index contributed by atoms with van der Waals surface area (Å²) in [6.07, 6.45) is 0.435. The van der Waals surface area contributed by atoms with E-state index in [0.717, 1.165) is 4.90 Å². The van der Waals surface area contributed by atoms with Gasteiger partial charge in [-0.05, 0) is 0 Å². The smallest absolute Gasteiger partial charge is 0.106 e. The van der Waals surface area contributed by atoms with Gasteiger partial charge in [0.1, 0.15) is 6.10 Å². The fourth-order valence-corrected chi connectivity index (χ4v) is 1.25. The molecule has 1 aliphatic heterocycles. The van der Waals surface area contributed by atoms with Crippen LogP contribution in [0, 0.1) is 7.05 Å². The van der Waals surface area contributed by atoms with E-state index in [1.165, 1.54) is 0 Å². The van der Waals surface area contributed by atoms with Gasteiger partial charge in [-0.25, -0.2) is 0 Å². The summed E-state index contributed by atoms with van der Waals surface area (Å²) in [6, 6.07) is 0.153. The second kappa shape index (κ2) is 2.64. The van der Waals surface area contributed by atoms with Crippen molar-refractivity contribution in [1.82, 2.24) is 0 Å². The van der Waals surface area contributed by atoms with Crippen molar-refractivity contribution in [3.63, 3.8) is 0 Å². The predicted molar refractivity (Wildman–Crippen MR) is 32.7 cm³/mol. The van der Waals surface area contributed by atoms with Gasteiger partial charge in [0, 0.05) is 6.42 Å². The predicted octanol–water partition coefficient (Wildman–Crippen LogP) is -2.21. The molecule has 1 rings (SSSR count). The van der Waals surface area contributed by atoms with Gasteiger partial charge in [-0.3, -0.25) is 0 Å². The molecule has 0 amide bonds. The molecule has 1 fully saturated rings. The van der Waals surface area contributed by atoms with Gasteiger partial charge in [-0.15, -0.1) is 0 Å². The molecular formula is C6H13NO2. The quantitative estimate of drug-likeness (QED) is 0.353. The Morgan fingerprint density at radius 2 is 2.33 bits per heavy atom. The van der Waals surface area contributed by atoms with Crippen LogP contribution in [-0.4, -0.2) is 35.5 Å². The normalized spacial score (nSPS) is 43.7. The first kappa shape index (κ1) is 6.99. The van der Waals surface area contributed by atoms with Crippen molar-refractivity contribution in [2.24, 2.45) is 0 Å². The van der Waals surface area contributed by atoms with E-state index in [0.29, 0.717) is 13.0 Å². The Labute approximate surface area is 54.9 Å². The molecule has 1 heterocycles. The Kier molecular flexibility index (Phi) is 2.05. The average molecular weight is 131 g/mol. The lowest BCUT2D eigenvalue weighted by atomic mass is 10.2. The van der Waals surface area contributed by atoms with E-state index in [9.17, 15) is 0 Å². The first-order chi connectivity index (χ1) is 4.24. The molecular weight excluding hydrogens is 118 g/mol. The molecule has 54 valence electrons. The van der Waals surface area contributed by atoms with Gasteiger partial charge < -0.3 is 15.1 Å². The molecule has 0 aromatic carbocycles. The number of rotatable bonds is 1. The molecule has 3 atom stereocenters. The number of hydrogen-bond acceptors (Lipinski definition) is 2. The van der Waals surface area contributed by atoms with Crippen LogP contribution < -0.4 is 4.90 Å². The van der Waals surface area contributed by atoms with Crippen molar-refractivity contribution in [1.29, 1.82) is 0 Å². The van der Waals surface area contributed by atoms with Crippen LogP contribution in [0.3, 0.4) is 0 Å². The molecule has 3 heteroatoms. The summed E-state index contributed by atoms with van der Waals surface area (Å²) < 4.78 is 0. The van der Waals surface area contributed by atoms with E-state index >= 15 is 0 Å². The molecule has 0 saturated carbocycles. The summed E-state index contributed by atoms with van der Waals surface area (Å²) in [4.78, 5) is 0.991. The molecule has 3 nitrogen and oxygen atoms in total. The van der Waals surface area contributed by atoms with Crippen molar-refractivity contribution in [3.05, 3.63) is 7.05 Å². The zero-order chi connectivity index (χ0) is 6.85. The van der Waals surface area contributed by atoms with Crippen molar-refractivity contribution >= 4 is 0 Å². The molecule has 0 aliphatic carbocycles. The summed E-state index contributed by atoms with van der Waals surface area (Å²) in [5, 5.41) is 17.7. The summed E-state index contributed by atoms with van der Waals surface area (Å²) >= 11 is 0. The molecule has 0 aromatic heterocycles. The topological polar surface area (TPSA) is 44.9 Å². The molecule has 0 spiro atoms. The van der Waals surface area contributed by atoms with Crippen LogP contribution in [0.5, 0.6) is 0 Å². The maximum atomic E-state index is 9.03. The maximum Gasteiger partial charge on any atom is 0.106 e. The fraction of sp³-hybridized carbons (Fsp3) is 0.833. The van der Waals surface area contributed by atoms with Crippen LogP contribution in [0.2, 0.25) is 0 Å². The van der Waals surface area contributed by atoms with Crippen molar-refractivity contribution in [2.75, 3.05) is 13.2 Å². The first-order valence-corrected chi connectivity index (χ1v) is 3.20. The van der Waals surface area contributed by atoms with Crippen LogP contribution in [0.15, 0.2) is 0 Å². The summed E-state index contributed by atoms with van der Waals surface area (Å²) in [6.45, 7) is 0.807. The Hall–Kier alpha value is -0.120. The highest BCUT2D eigenvalue weighted by Crippen LogP contribution is 1.99. The van der Waals surface area contributed by atoms with Gasteiger partial charge in [0.25, 0.3) is 0 Å². The summed E-state index contributed by atoms with van der Waals surface area (Å²) in [5.74, 6) is 0. The third kappa shape index (κ3) is 1.41. The average Bonchev–Trinajstić information content (AvgIpc) is 2.10. The highest BCUT2D eigenvalue weighted by atomic mass is 16.3. The first-order valence-electron chi connectivity index (χ1n) is 3.20. The van der Waals surface area contributed by atoms with E-state index in [1.54, 1.807) is 0 Å². The second-order valence-corrected chi connectivity index (χ2v) is 2.63. The fourth-order valence-electron chi connectivity index (χ4n) is 1.25. The maximum absolute atomic E-state index is 9.03. The molecule has 1 aliphatic rings. The molecule has 1 unspecified atom stereocenters. The SMILES string of the molecule is [CH2-][NH+]1C[C@H](O)C[C@@H]1CO. The van der Waals surface area contributed by atoms with Gasteiger partial charge in [0.05, 0.1) is 19.2 Å². The highest BCUT2D eigenvalue weighted by molar-refractivity contribution is 4.68. The highest BCUT2D eigenvalue weighted by Gasteiger charge is 2.27. The Morgan fingerprint density at radius 3 is 2.56 bits per heavy atom. The standard InChI is InChI=1S/C6H13NO2/c1-7-3-6(9)2-5(7)4-8/h5-9H,1-4H2/t5-,6-/m1/s1. The Bertz CT molecular complexity index is 97.1. The van der Waals surface area contributed by atoms with Crippen LogP contribution >= 0.6 is 0 Å². The number of likely N-dealkylation sites (tertiary alicyclic amines) is 1. The number of hydrogen-bond donors (Lipinski definition) is 3. The van der Waals surface area contributed by atoms with Gasteiger partial charge >= 0.3 is 0 Å².